The SMILES string of the molecule is COc1ccc2ncc(F)c(C(CN)CO)c2n1. The lowest BCUT2D eigenvalue weighted by Crippen LogP contribution is -2.18. The van der Waals surface area contributed by atoms with Crippen molar-refractivity contribution in [3.05, 3.63) is 29.7 Å². The minimum atomic E-state index is -0.521. The van der Waals surface area contributed by atoms with Gasteiger partial charge in [0.25, 0.3) is 0 Å². The number of aliphatic hydroxyl groups excluding tert-OH is 1. The van der Waals surface area contributed by atoms with Crippen LogP contribution in [0.3, 0.4) is 0 Å². The van der Waals surface area contributed by atoms with Crippen LogP contribution in [0.15, 0.2) is 18.3 Å². The number of hydrogen-bond donors (Lipinski definition) is 2. The molecular formula is C12H14FN3O2. The van der Waals surface area contributed by atoms with E-state index in [1.54, 1.807) is 12.1 Å². The van der Waals surface area contributed by atoms with Crippen LogP contribution in [0.25, 0.3) is 11.0 Å². The van der Waals surface area contributed by atoms with Crippen molar-refractivity contribution >= 4 is 11.0 Å². The highest BCUT2D eigenvalue weighted by Gasteiger charge is 2.19. The number of ether oxygens (including phenoxy) is 1. The van der Waals surface area contributed by atoms with Crippen molar-refractivity contribution < 1.29 is 14.2 Å². The average molecular weight is 251 g/mol. The third-order valence-electron chi connectivity index (χ3n) is 2.80. The van der Waals surface area contributed by atoms with Gasteiger partial charge in [0.05, 0.1) is 30.9 Å². The first-order valence-electron chi connectivity index (χ1n) is 5.51. The highest BCUT2D eigenvalue weighted by atomic mass is 19.1. The molecule has 0 aliphatic heterocycles. The van der Waals surface area contributed by atoms with Crippen molar-refractivity contribution in [1.29, 1.82) is 0 Å². The Morgan fingerprint density at radius 2 is 2.28 bits per heavy atom. The summed E-state index contributed by atoms with van der Waals surface area (Å²) >= 11 is 0. The molecule has 0 aliphatic rings. The number of hydrogen-bond acceptors (Lipinski definition) is 5. The molecule has 2 heterocycles. The molecular weight excluding hydrogens is 237 g/mol. The van der Waals surface area contributed by atoms with Crippen LogP contribution in [0.5, 0.6) is 5.88 Å². The molecule has 0 saturated carbocycles. The largest absolute Gasteiger partial charge is 0.481 e. The second kappa shape index (κ2) is 5.24. The van der Waals surface area contributed by atoms with E-state index >= 15 is 0 Å². The lowest BCUT2D eigenvalue weighted by molar-refractivity contribution is 0.265. The summed E-state index contributed by atoms with van der Waals surface area (Å²) in [5.74, 6) is -0.660. The van der Waals surface area contributed by atoms with Gasteiger partial charge >= 0.3 is 0 Å². The molecule has 2 aromatic rings. The zero-order chi connectivity index (χ0) is 13.1. The van der Waals surface area contributed by atoms with Gasteiger partial charge < -0.3 is 15.6 Å². The van der Waals surface area contributed by atoms with Gasteiger partial charge in [0.2, 0.25) is 5.88 Å². The van der Waals surface area contributed by atoms with E-state index in [4.69, 9.17) is 10.5 Å². The summed E-state index contributed by atoms with van der Waals surface area (Å²) in [6.45, 7) is -0.114. The molecule has 0 radical (unpaired) electrons. The fraction of sp³-hybridized carbons (Fsp3) is 0.333. The van der Waals surface area contributed by atoms with Gasteiger partial charge in [0.1, 0.15) is 5.82 Å². The van der Waals surface area contributed by atoms with Gasteiger partial charge in [-0.3, -0.25) is 4.98 Å². The minimum absolute atomic E-state index is 0.130. The fourth-order valence-electron chi connectivity index (χ4n) is 1.83. The lowest BCUT2D eigenvalue weighted by atomic mass is 9.98. The van der Waals surface area contributed by atoms with Crippen molar-refractivity contribution in [2.24, 2.45) is 5.73 Å². The molecule has 2 aromatic heterocycles. The molecule has 6 heteroatoms. The summed E-state index contributed by atoms with van der Waals surface area (Å²) in [5.41, 5.74) is 6.74. The van der Waals surface area contributed by atoms with Crippen LogP contribution in [0.1, 0.15) is 11.5 Å². The second-order valence-electron chi connectivity index (χ2n) is 3.86. The Kier molecular flexibility index (Phi) is 3.69. The Hall–Kier alpha value is -1.79. The monoisotopic (exact) mass is 251 g/mol. The Labute approximate surface area is 103 Å². The fourth-order valence-corrected chi connectivity index (χ4v) is 1.83. The molecule has 18 heavy (non-hydrogen) atoms. The minimum Gasteiger partial charge on any atom is -0.481 e. The predicted octanol–water partition coefficient (Wildman–Crippen LogP) is 0.812. The Balaban J connectivity index is 2.71. The number of methoxy groups -OCH3 is 1. The van der Waals surface area contributed by atoms with Crippen LogP contribution in [0.2, 0.25) is 0 Å². The highest BCUT2D eigenvalue weighted by Crippen LogP contribution is 2.26. The lowest BCUT2D eigenvalue weighted by Gasteiger charge is -2.15. The van der Waals surface area contributed by atoms with Crippen LogP contribution in [-0.4, -0.2) is 35.3 Å². The van der Waals surface area contributed by atoms with Crippen LogP contribution in [-0.2, 0) is 0 Å². The van der Waals surface area contributed by atoms with E-state index in [2.05, 4.69) is 9.97 Å². The second-order valence-corrected chi connectivity index (χ2v) is 3.86. The molecule has 0 aromatic carbocycles. The standard InChI is InChI=1S/C12H14FN3O2/c1-18-10-3-2-9-12(16-10)11(7(4-14)6-17)8(13)5-15-9/h2-3,5,7,17H,4,6,14H2,1H3. The van der Waals surface area contributed by atoms with Crippen molar-refractivity contribution in [1.82, 2.24) is 9.97 Å². The van der Waals surface area contributed by atoms with Crippen molar-refractivity contribution in [2.75, 3.05) is 20.3 Å². The van der Waals surface area contributed by atoms with Crippen LogP contribution >= 0.6 is 0 Å². The summed E-state index contributed by atoms with van der Waals surface area (Å²) in [4.78, 5) is 8.13. The summed E-state index contributed by atoms with van der Waals surface area (Å²) < 4.78 is 18.9. The van der Waals surface area contributed by atoms with E-state index in [1.807, 2.05) is 0 Å². The van der Waals surface area contributed by atoms with E-state index in [9.17, 15) is 9.50 Å². The predicted molar refractivity (Wildman–Crippen MR) is 64.9 cm³/mol. The van der Waals surface area contributed by atoms with E-state index in [1.165, 1.54) is 7.11 Å². The number of aliphatic hydroxyl groups is 1. The van der Waals surface area contributed by atoms with Gasteiger partial charge in [-0.1, -0.05) is 0 Å². The molecule has 0 amide bonds. The zero-order valence-electron chi connectivity index (χ0n) is 9.93. The summed E-state index contributed by atoms with van der Waals surface area (Å²) in [6, 6.07) is 3.34. The third-order valence-corrected chi connectivity index (χ3v) is 2.80. The Morgan fingerprint density at radius 1 is 1.50 bits per heavy atom. The first-order valence-corrected chi connectivity index (χ1v) is 5.51. The summed E-state index contributed by atoms with van der Waals surface area (Å²) in [6.07, 6.45) is 1.12. The molecule has 0 fully saturated rings. The van der Waals surface area contributed by atoms with E-state index in [0.29, 0.717) is 16.9 Å². The molecule has 1 unspecified atom stereocenters. The number of halogens is 1. The molecule has 2 rings (SSSR count). The first kappa shape index (κ1) is 12.7. The molecule has 0 spiro atoms. The van der Waals surface area contributed by atoms with E-state index in [-0.39, 0.29) is 18.7 Å². The number of nitrogens with zero attached hydrogens (tertiary/aromatic N) is 2. The quantitative estimate of drug-likeness (QED) is 0.840. The molecule has 5 nitrogen and oxygen atoms in total. The molecule has 0 bridgehead atoms. The summed E-state index contributed by atoms with van der Waals surface area (Å²) in [7, 11) is 1.48. The van der Waals surface area contributed by atoms with Crippen molar-refractivity contribution in [3.63, 3.8) is 0 Å². The maximum Gasteiger partial charge on any atom is 0.213 e. The zero-order valence-corrected chi connectivity index (χ0v) is 9.93. The van der Waals surface area contributed by atoms with Crippen LogP contribution < -0.4 is 10.5 Å². The maximum absolute atomic E-state index is 13.9. The van der Waals surface area contributed by atoms with Crippen molar-refractivity contribution in [3.8, 4) is 5.88 Å². The number of nitrogens with two attached hydrogens (primary N) is 1. The molecule has 0 saturated heterocycles. The molecule has 96 valence electrons. The van der Waals surface area contributed by atoms with Gasteiger partial charge in [0.15, 0.2) is 0 Å². The number of rotatable bonds is 4. The van der Waals surface area contributed by atoms with Gasteiger partial charge in [-0.25, -0.2) is 9.37 Å². The number of aromatic nitrogens is 2. The number of pyridine rings is 2. The normalized spacial score (nSPS) is 12.7. The first-order chi connectivity index (χ1) is 8.71. The van der Waals surface area contributed by atoms with Gasteiger partial charge in [0, 0.05) is 24.1 Å². The van der Waals surface area contributed by atoms with Crippen LogP contribution in [0, 0.1) is 5.82 Å². The molecule has 3 N–H and O–H groups in total. The van der Waals surface area contributed by atoms with Crippen LogP contribution in [0.4, 0.5) is 4.39 Å². The topological polar surface area (TPSA) is 81.3 Å². The van der Waals surface area contributed by atoms with Gasteiger partial charge in [-0.2, -0.15) is 0 Å². The third kappa shape index (κ3) is 2.12. The van der Waals surface area contributed by atoms with Gasteiger partial charge in [-0.15, -0.1) is 0 Å². The molecule has 1 atom stereocenters. The highest BCUT2D eigenvalue weighted by molar-refractivity contribution is 5.79. The number of fused-ring (bicyclic) bond motifs is 1. The van der Waals surface area contributed by atoms with E-state index < -0.39 is 11.7 Å². The maximum atomic E-state index is 13.9. The summed E-state index contributed by atoms with van der Waals surface area (Å²) in [5, 5.41) is 9.26. The average Bonchev–Trinajstić information content (AvgIpc) is 2.41. The van der Waals surface area contributed by atoms with E-state index in [0.717, 1.165) is 6.20 Å². The molecule has 0 aliphatic carbocycles. The Bertz CT molecular complexity index is 558. The Morgan fingerprint density at radius 3 is 2.89 bits per heavy atom. The van der Waals surface area contributed by atoms with Crippen molar-refractivity contribution in [2.45, 2.75) is 5.92 Å². The van der Waals surface area contributed by atoms with Gasteiger partial charge in [-0.05, 0) is 6.07 Å². The smallest absolute Gasteiger partial charge is 0.213 e.